The van der Waals surface area contributed by atoms with Crippen LogP contribution in [0.5, 0.6) is 0 Å². The van der Waals surface area contributed by atoms with Crippen molar-refractivity contribution in [3.8, 4) is 11.4 Å². The second-order valence-corrected chi connectivity index (χ2v) is 5.17. The summed E-state index contributed by atoms with van der Waals surface area (Å²) in [6, 6.07) is 13.3. The number of nitrogens with zero attached hydrogens (tertiary/aromatic N) is 3. The van der Waals surface area contributed by atoms with Crippen LogP contribution < -0.4 is 5.32 Å². The number of anilines is 1. The van der Waals surface area contributed by atoms with E-state index in [4.69, 9.17) is 23.2 Å². The van der Waals surface area contributed by atoms with E-state index in [2.05, 4.69) is 25.9 Å². The first-order valence-electron chi connectivity index (χ1n) is 6.24. The van der Waals surface area contributed by atoms with Crippen LogP contribution in [-0.2, 0) is 6.54 Å². The van der Waals surface area contributed by atoms with E-state index in [-0.39, 0.29) is 0 Å². The highest BCUT2D eigenvalue weighted by Gasteiger charge is 2.06. The third-order valence-corrected chi connectivity index (χ3v) is 3.84. The molecule has 1 aromatic heterocycles. The van der Waals surface area contributed by atoms with Gasteiger partial charge in [-0.3, -0.25) is 0 Å². The fraction of sp³-hybridized carbons (Fsp3) is 0.0714. The number of hydrogen-bond acceptors (Lipinski definition) is 4. The van der Waals surface area contributed by atoms with E-state index < -0.39 is 0 Å². The predicted octanol–water partition coefficient (Wildman–Crippen LogP) is 3.79. The largest absolute Gasteiger partial charge is 0.381 e. The molecule has 7 heteroatoms. The highest BCUT2D eigenvalue weighted by molar-refractivity contribution is 6.42. The van der Waals surface area contributed by atoms with Gasteiger partial charge in [-0.25, -0.2) is 0 Å². The average molecular weight is 320 g/mol. The minimum absolute atomic E-state index is 0.552. The number of H-pyrrole nitrogens is 1. The van der Waals surface area contributed by atoms with Gasteiger partial charge in [0.05, 0.1) is 10.0 Å². The summed E-state index contributed by atoms with van der Waals surface area (Å²) in [6.07, 6.45) is 0. The molecule has 106 valence electrons. The molecule has 0 bridgehead atoms. The van der Waals surface area contributed by atoms with E-state index in [0.717, 1.165) is 16.8 Å². The maximum Gasteiger partial charge on any atom is 0.204 e. The molecule has 0 aliphatic heterocycles. The number of aromatic amines is 1. The van der Waals surface area contributed by atoms with Crippen molar-refractivity contribution in [2.45, 2.75) is 6.54 Å². The normalized spacial score (nSPS) is 10.6. The van der Waals surface area contributed by atoms with Gasteiger partial charge in [-0.05, 0) is 29.0 Å². The maximum absolute atomic E-state index is 6.17. The summed E-state index contributed by atoms with van der Waals surface area (Å²) >= 11 is 12.2. The molecule has 1 heterocycles. The van der Waals surface area contributed by atoms with Crippen molar-refractivity contribution in [1.82, 2.24) is 20.6 Å². The molecule has 0 aliphatic carbocycles. The highest BCUT2D eigenvalue weighted by atomic mass is 35.5. The van der Waals surface area contributed by atoms with Crippen molar-refractivity contribution in [3.05, 3.63) is 58.1 Å². The summed E-state index contributed by atoms with van der Waals surface area (Å²) in [5.74, 6) is 0.555. The number of tetrazole rings is 1. The van der Waals surface area contributed by atoms with E-state index in [1.54, 1.807) is 6.07 Å². The van der Waals surface area contributed by atoms with Crippen LogP contribution in [0.15, 0.2) is 42.5 Å². The van der Waals surface area contributed by atoms with Crippen LogP contribution in [0.2, 0.25) is 10.0 Å². The third-order valence-electron chi connectivity index (χ3n) is 2.98. The van der Waals surface area contributed by atoms with Gasteiger partial charge in [0.1, 0.15) is 0 Å². The SMILES string of the molecule is Clc1cccc(CNc2cccc(-c3nn[nH]n3)c2)c1Cl. The highest BCUT2D eigenvalue weighted by Crippen LogP contribution is 2.26. The summed E-state index contributed by atoms with van der Waals surface area (Å²) in [5.41, 5.74) is 2.76. The molecular formula is C14H11Cl2N5. The molecule has 0 aliphatic rings. The Kier molecular flexibility index (Phi) is 4.03. The molecule has 21 heavy (non-hydrogen) atoms. The zero-order valence-corrected chi connectivity index (χ0v) is 12.4. The van der Waals surface area contributed by atoms with Crippen LogP contribution in [0.25, 0.3) is 11.4 Å². The standard InChI is InChI=1S/C14H11Cl2N5/c15-12-6-2-4-10(13(12)16)8-17-11-5-1-3-9(7-11)14-18-20-21-19-14/h1-7,17H,8H2,(H,18,19,20,21). The Labute approximate surface area is 131 Å². The van der Waals surface area contributed by atoms with Crippen molar-refractivity contribution >= 4 is 28.9 Å². The first-order valence-corrected chi connectivity index (χ1v) is 7.00. The molecule has 3 aromatic rings. The van der Waals surface area contributed by atoms with Crippen LogP contribution >= 0.6 is 23.2 Å². The molecular weight excluding hydrogens is 309 g/mol. The van der Waals surface area contributed by atoms with E-state index in [1.807, 2.05) is 36.4 Å². The monoisotopic (exact) mass is 319 g/mol. The molecule has 0 amide bonds. The first-order chi connectivity index (χ1) is 10.2. The second-order valence-electron chi connectivity index (χ2n) is 4.38. The summed E-state index contributed by atoms with van der Waals surface area (Å²) in [5, 5.41) is 18.3. The van der Waals surface area contributed by atoms with Crippen molar-refractivity contribution < 1.29 is 0 Å². The smallest absolute Gasteiger partial charge is 0.204 e. The Morgan fingerprint density at radius 2 is 1.95 bits per heavy atom. The van der Waals surface area contributed by atoms with E-state index >= 15 is 0 Å². The van der Waals surface area contributed by atoms with Crippen LogP contribution in [0.1, 0.15) is 5.56 Å². The quantitative estimate of drug-likeness (QED) is 0.767. The number of hydrogen-bond donors (Lipinski definition) is 2. The van der Waals surface area contributed by atoms with E-state index in [1.165, 1.54) is 0 Å². The van der Waals surface area contributed by atoms with Crippen molar-refractivity contribution in [2.24, 2.45) is 0 Å². The lowest BCUT2D eigenvalue weighted by Gasteiger charge is -2.09. The van der Waals surface area contributed by atoms with Crippen molar-refractivity contribution in [2.75, 3.05) is 5.32 Å². The van der Waals surface area contributed by atoms with Crippen LogP contribution in [0.3, 0.4) is 0 Å². The van der Waals surface area contributed by atoms with Gasteiger partial charge in [-0.2, -0.15) is 5.21 Å². The lowest BCUT2D eigenvalue weighted by molar-refractivity contribution is 0.881. The zero-order valence-electron chi connectivity index (χ0n) is 10.8. The molecule has 0 saturated heterocycles. The fourth-order valence-electron chi connectivity index (χ4n) is 1.93. The predicted molar refractivity (Wildman–Crippen MR) is 83.4 cm³/mol. The Bertz CT molecular complexity index is 743. The zero-order chi connectivity index (χ0) is 14.7. The molecule has 0 fully saturated rings. The first kappa shape index (κ1) is 13.9. The average Bonchev–Trinajstić information content (AvgIpc) is 3.03. The Balaban J connectivity index is 1.77. The topological polar surface area (TPSA) is 66.5 Å². The summed E-state index contributed by atoms with van der Waals surface area (Å²) in [4.78, 5) is 0. The minimum atomic E-state index is 0.552. The molecule has 0 atom stereocenters. The van der Waals surface area contributed by atoms with Gasteiger partial charge in [0, 0.05) is 17.8 Å². The van der Waals surface area contributed by atoms with Crippen LogP contribution in [0, 0.1) is 0 Å². The van der Waals surface area contributed by atoms with Gasteiger partial charge < -0.3 is 5.32 Å². The second kappa shape index (κ2) is 6.11. The minimum Gasteiger partial charge on any atom is -0.381 e. The van der Waals surface area contributed by atoms with Crippen LogP contribution in [0.4, 0.5) is 5.69 Å². The summed E-state index contributed by atoms with van der Waals surface area (Å²) in [7, 11) is 0. The molecule has 0 radical (unpaired) electrons. The summed E-state index contributed by atoms with van der Waals surface area (Å²) < 4.78 is 0. The number of aromatic nitrogens is 4. The molecule has 2 N–H and O–H groups in total. The molecule has 0 unspecified atom stereocenters. The summed E-state index contributed by atoms with van der Waals surface area (Å²) in [6.45, 7) is 0.578. The lowest BCUT2D eigenvalue weighted by atomic mass is 10.1. The fourth-order valence-corrected chi connectivity index (χ4v) is 2.32. The molecule has 3 rings (SSSR count). The number of nitrogens with one attached hydrogen (secondary N) is 2. The molecule has 0 saturated carbocycles. The van der Waals surface area contributed by atoms with E-state index in [9.17, 15) is 0 Å². The number of rotatable bonds is 4. The third kappa shape index (κ3) is 3.15. The lowest BCUT2D eigenvalue weighted by Crippen LogP contribution is -2.00. The molecule has 5 nitrogen and oxygen atoms in total. The Hall–Kier alpha value is -2.11. The van der Waals surface area contributed by atoms with Gasteiger partial charge in [-0.1, -0.05) is 47.5 Å². The molecule has 0 spiro atoms. The maximum atomic E-state index is 6.17. The Morgan fingerprint density at radius 1 is 1.10 bits per heavy atom. The van der Waals surface area contributed by atoms with Gasteiger partial charge in [0.2, 0.25) is 5.82 Å². The number of benzene rings is 2. The van der Waals surface area contributed by atoms with E-state index in [0.29, 0.717) is 22.4 Å². The van der Waals surface area contributed by atoms with Gasteiger partial charge in [0.25, 0.3) is 0 Å². The van der Waals surface area contributed by atoms with Gasteiger partial charge in [-0.15, -0.1) is 10.2 Å². The van der Waals surface area contributed by atoms with Crippen molar-refractivity contribution in [1.29, 1.82) is 0 Å². The Morgan fingerprint density at radius 3 is 2.76 bits per heavy atom. The van der Waals surface area contributed by atoms with Gasteiger partial charge >= 0.3 is 0 Å². The van der Waals surface area contributed by atoms with Crippen LogP contribution in [-0.4, -0.2) is 20.6 Å². The number of halogens is 2. The molecule has 2 aromatic carbocycles. The van der Waals surface area contributed by atoms with Crippen molar-refractivity contribution in [3.63, 3.8) is 0 Å². The van der Waals surface area contributed by atoms with Gasteiger partial charge in [0.15, 0.2) is 0 Å².